The third kappa shape index (κ3) is 3.18. The molecular weight excluding hydrogens is 236 g/mol. The molecule has 3 nitrogen and oxygen atoms in total. The van der Waals surface area contributed by atoms with Crippen molar-refractivity contribution in [2.75, 3.05) is 13.1 Å². The van der Waals surface area contributed by atoms with Crippen molar-refractivity contribution >= 4 is 5.96 Å². The van der Waals surface area contributed by atoms with Gasteiger partial charge in [-0.3, -0.25) is 0 Å². The molecule has 2 N–H and O–H groups in total. The van der Waals surface area contributed by atoms with Gasteiger partial charge in [0.25, 0.3) is 0 Å². The van der Waals surface area contributed by atoms with Crippen LogP contribution in [0.15, 0.2) is 23.2 Å². The van der Waals surface area contributed by atoms with Gasteiger partial charge >= 0.3 is 0 Å². The summed E-state index contributed by atoms with van der Waals surface area (Å²) in [6.45, 7) is 1.86. The lowest BCUT2D eigenvalue weighted by Gasteiger charge is -2.27. The molecule has 0 radical (unpaired) electrons. The lowest BCUT2D eigenvalue weighted by atomic mass is 10.1. The predicted octanol–water partition coefficient (Wildman–Crippen LogP) is 2.27. The van der Waals surface area contributed by atoms with Gasteiger partial charge in [0.1, 0.15) is 11.6 Å². The van der Waals surface area contributed by atoms with Crippen LogP contribution in [0.3, 0.4) is 0 Å². The molecule has 2 rings (SSSR count). The summed E-state index contributed by atoms with van der Waals surface area (Å²) < 4.78 is 26.3. The number of hydrogen-bond donors (Lipinski definition) is 1. The molecule has 1 aliphatic heterocycles. The Morgan fingerprint density at radius 2 is 1.94 bits per heavy atom. The summed E-state index contributed by atoms with van der Waals surface area (Å²) in [4.78, 5) is 6.12. The summed E-state index contributed by atoms with van der Waals surface area (Å²) >= 11 is 0. The van der Waals surface area contributed by atoms with E-state index in [4.69, 9.17) is 5.73 Å². The maximum Gasteiger partial charge on any atom is 0.191 e. The van der Waals surface area contributed by atoms with Crippen molar-refractivity contribution < 1.29 is 8.78 Å². The van der Waals surface area contributed by atoms with E-state index in [1.807, 2.05) is 4.90 Å². The highest BCUT2D eigenvalue weighted by Crippen LogP contribution is 2.12. The summed E-state index contributed by atoms with van der Waals surface area (Å²) in [6, 6.07) is 3.36. The van der Waals surface area contributed by atoms with Crippen molar-refractivity contribution in [2.45, 2.75) is 25.8 Å². The number of nitrogens with two attached hydrogens (primary N) is 1. The fourth-order valence-electron chi connectivity index (χ4n) is 2.05. The third-order valence-electron chi connectivity index (χ3n) is 3.10. The highest BCUT2D eigenvalue weighted by Gasteiger charge is 2.12. The molecule has 0 bridgehead atoms. The van der Waals surface area contributed by atoms with Crippen LogP contribution < -0.4 is 5.73 Å². The molecule has 0 aliphatic carbocycles. The molecule has 0 amide bonds. The highest BCUT2D eigenvalue weighted by molar-refractivity contribution is 5.78. The second-order valence-corrected chi connectivity index (χ2v) is 4.46. The minimum absolute atomic E-state index is 0.0753. The number of piperidine rings is 1. The number of hydrogen-bond acceptors (Lipinski definition) is 1. The molecule has 1 fully saturated rings. The van der Waals surface area contributed by atoms with Crippen LogP contribution in [-0.4, -0.2) is 23.9 Å². The van der Waals surface area contributed by atoms with E-state index >= 15 is 0 Å². The van der Waals surface area contributed by atoms with Crippen LogP contribution in [0.2, 0.25) is 0 Å². The van der Waals surface area contributed by atoms with Crippen LogP contribution in [0.5, 0.6) is 0 Å². The fourth-order valence-corrected chi connectivity index (χ4v) is 2.05. The van der Waals surface area contributed by atoms with Gasteiger partial charge in [0.2, 0.25) is 0 Å². The molecule has 0 unspecified atom stereocenters. The van der Waals surface area contributed by atoms with Gasteiger partial charge in [-0.1, -0.05) is 0 Å². The van der Waals surface area contributed by atoms with Gasteiger partial charge in [0.15, 0.2) is 5.96 Å². The van der Waals surface area contributed by atoms with Gasteiger partial charge in [0.05, 0.1) is 6.54 Å². The van der Waals surface area contributed by atoms with Crippen molar-refractivity contribution in [3.05, 3.63) is 35.4 Å². The molecule has 0 saturated carbocycles. The van der Waals surface area contributed by atoms with E-state index in [9.17, 15) is 8.78 Å². The van der Waals surface area contributed by atoms with E-state index in [2.05, 4.69) is 4.99 Å². The number of likely N-dealkylation sites (tertiary alicyclic amines) is 1. The lowest BCUT2D eigenvalue weighted by Crippen LogP contribution is -2.40. The first-order valence-electron chi connectivity index (χ1n) is 6.15. The van der Waals surface area contributed by atoms with Crippen LogP contribution in [0, 0.1) is 11.6 Å². The van der Waals surface area contributed by atoms with Gasteiger partial charge in [-0.05, 0) is 37.5 Å². The molecule has 0 atom stereocenters. The fraction of sp³-hybridized carbons (Fsp3) is 0.462. The Hall–Kier alpha value is -1.65. The minimum Gasteiger partial charge on any atom is -0.370 e. The number of benzene rings is 1. The summed E-state index contributed by atoms with van der Waals surface area (Å²) in [7, 11) is 0. The zero-order valence-electron chi connectivity index (χ0n) is 10.2. The summed E-state index contributed by atoms with van der Waals surface area (Å²) in [6.07, 6.45) is 3.41. The molecule has 5 heteroatoms. The van der Waals surface area contributed by atoms with Gasteiger partial charge < -0.3 is 10.6 Å². The lowest BCUT2D eigenvalue weighted by molar-refractivity contribution is 0.338. The average molecular weight is 253 g/mol. The zero-order chi connectivity index (χ0) is 13.0. The highest BCUT2D eigenvalue weighted by atomic mass is 19.1. The molecule has 1 aromatic carbocycles. The molecule has 18 heavy (non-hydrogen) atoms. The van der Waals surface area contributed by atoms with E-state index in [0.29, 0.717) is 5.96 Å². The SMILES string of the molecule is NC(=NCc1cc(F)ccc1F)N1CCCCC1. The monoisotopic (exact) mass is 253 g/mol. The van der Waals surface area contributed by atoms with Crippen molar-refractivity contribution in [3.8, 4) is 0 Å². The summed E-state index contributed by atoms with van der Waals surface area (Å²) in [5, 5.41) is 0. The van der Waals surface area contributed by atoms with Crippen molar-refractivity contribution in [1.29, 1.82) is 0 Å². The van der Waals surface area contributed by atoms with E-state index < -0.39 is 11.6 Å². The molecule has 0 aromatic heterocycles. The van der Waals surface area contributed by atoms with Gasteiger partial charge in [0, 0.05) is 18.7 Å². The Morgan fingerprint density at radius 3 is 2.67 bits per heavy atom. The quantitative estimate of drug-likeness (QED) is 0.649. The Kier molecular flexibility index (Phi) is 4.12. The first kappa shape index (κ1) is 12.8. The molecular formula is C13H17F2N3. The zero-order valence-corrected chi connectivity index (χ0v) is 10.2. The summed E-state index contributed by atoms with van der Waals surface area (Å²) in [5.41, 5.74) is 6.08. The Morgan fingerprint density at radius 1 is 1.22 bits per heavy atom. The second kappa shape index (κ2) is 5.80. The van der Waals surface area contributed by atoms with Crippen LogP contribution >= 0.6 is 0 Å². The van der Waals surface area contributed by atoms with Crippen LogP contribution in [-0.2, 0) is 6.54 Å². The van der Waals surface area contributed by atoms with Crippen LogP contribution in [0.25, 0.3) is 0 Å². The van der Waals surface area contributed by atoms with E-state index in [1.165, 1.54) is 6.42 Å². The largest absolute Gasteiger partial charge is 0.370 e. The second-order valence-electron chi connectivity index (χ2n) is 4.46. The Bertz CT molecular complexity index is 440. The smallest absolute Gasteiger partial charge is 0.191 e. The molecule has 1 aromatic rings. The van der Waals surface area contributed by atoms with Gasteiger partial charge in [-0.25, -0.2) is 13.8 Å². The molecule has 98 valence electrons. The maximum absolute atomic E-state index is 13.4. The normalized spacial score (nSPS) is 17.0. The minimum atomic E-state index is -0.460. The van der Waals surface area contributed by atoms with Gasteiger partial charge in [-0.15, -0.1) is 0 Å². The van der Waals surface area contributed by atoms with Crippen molar-refractivity contribution in [3.63, 3.8) is 0 Å². The average Bonchev–Trinajstić information content (AvgIpc) is 2.40. The topological polar surface area (TPSA) is 41.6 Å². The van der Waals surface area contributed by atoms with E-state index in [-0.39, 0.29) is 12.1 Å². The number of aliphatic imine (C=N–C) groups is 1. The first-order chi connectivity index (χ1) is 8.66. The van der Waals surface area contributed by atoms with E-state index in [0.717, 1.165) is 44.1 Å². The molecule has 1 heterocycles. The first-order valence-corrected chi connectivity index (χ1v) is 6.15. The van der Waals surface area contributed by atoms with Crippen LogP contribution in [0.4, 0.5) is 8.78 Å². The van der Waals surface area contributed by atoms with Crippen molar-refractivity contribution in [1.82, 2.24) is 4.90 Å². The number of nitrogens with zero attached hydrogens (tertiary/aromatic N) is 2. The predicted molar refractivity (Wildman–Crippen MR) is 67.1 cm³/mol. The number of guanidine groups is 1. The third-order valence-corrected chi connectivity index (χ3v) is 3.10. The number of rotatable bonds is 2. The number of halogens is 2. The maximum atomic E-state index is 13.4. The van der Waals surface area contributed by atoms with Crippen molar-refractivity contribution in [2.24, 2.45) is 10.7 Å². The van der Waals surface area contributed by atoms with Gasteiger partial charge in [-0.2, -0.15) is 0 Å². The Labute approximate surface area is 105 Å². The molecule has 1 aliphatic rings. The van der Waals surface area contributed by atoms with E-state index in [1.54, 1.807) is 0 Å². The molecule has 1 saturated heterocycles. The van der Waals surface area contributed by atoms with Crippen LogP contribution in [0.1, 0.15) is 24.8 Å². The Balaban J connectivity index is 2.02. The molecule has 0 spiro atoms. The summed E-state index contributed by atoms with van der Waals surface area (Å²) in [5.74, 6) is -0.497. The standard InChI is InChI=1S/C13H17F2N3/c14-11-4-5-12(15)10(8-11)9-17-13(16)18-6-2-1-3-7-18/h4-5,8H,1-3,6-7,9H2,(H2,16,17).